The molecule has 7 nitrogen and oxygen atoms in total. The van der Waals surface area contributed by atoms with Gasteiger partial charge in [0.2, 0.25) is 10.0 Å². The number of amides is 1. The predicted molar refractivity (Wildman–Crippen MR) is 134 cm³/mol. The van der Waals surface area contributed by atoms with E-state index >= 15 is 0 Å². The molecule has 0 fully saturated rings. The molecule has 1 amide bonds. The highest BCUT2D eigenvalue weighted by atomic mass is 32.2. The quantitative estimate of drug-likeness (QED) is 0.395. The third kappa shape index (κ3) is 4.43. The standard InChI is InChI=1S/C27H25FN4O3S/c1-30-26-16-17-31(36(34,35)21-12-6-3-7-13-21)18-23(26)25(29-30)19-32(20-10-4-2-5-11-20)27(33)22-14-8-9-15-24(22)28/h2-15H,16-19H2,1H3. The van der Waals surface area contributed by atoms with Crippen LogP contribution in [0.25, 0.3) is 0 Å². The van der Waals surface area contributed by atoms with Crippen molar-refractivity contribution in [1.29, 1.82) is 0 Å². The van der Waals surface area contributed by atoms with Gasteiger partial charge in [-0.05, 0) is 36.4 Å². The number of hydrogen-bond donors (Lipinski definition) is 0. The van der Waals surface area contributed by atoms with Crippen molar-refractivity contribution in [1.82, 2.24) is 14.1 Å². The fourth-order valence-electron chi connectivity index (χ4n) is 4.54. The fourth-order valence-corrected chi connectivity index (χ4v) is 5.97. The van der Waals surface area contributed by atoms with Crippen LogP contribution in [0.3, 0.4) is 0 Å². The molecule has 36 heavy (non-hydrogen) atoms. The minimum atomic E-state index is -3.69. The van der Waals surface area contributed by atoms with Gasteiger partial charge in [-0.3, -0.25) is 9.48 Å². The number of nitrogens with zero attached hydrogens (tertiary/aromatic N) is 4. The Morgan fingerprint density at radius 1 is 0.972 bits per heavy atom. The summed E-state index contributed by atoms with van der Waals surface area (Å²) in [6.07, 6.45) is 0.498. The Kier molecular flexibility index (Phi) is 6.42. The van der Waals surface area contributed by atoms with Crippen molar-refractivity contribution in [2.75, 3.05) is 11.4 Å². The summed E-state index contributed by atoms with van der Waals surface area (Å²) in [5.74, 6) is -1.10. The number of fused-ring (bicyclic) bond motifs is 1. The van der Waals surface area contributed by atoms with Gasteiger partial charge in [0.15, 0.2) is 0 Å². The van der Waals surface area contributed by atoms with Crippen molar-refractivity contribution in [2.24, 2.45) is 7.05 Å². The number of aryl methyl sites for hydroxylation is 1. The van der Waals surface area contributed by atoms with Crippen LogP contribution in [0.2, 0.25) is 0 Å². The molecule has 2 heterocycles. The van der Waals surface area contributed by atoms with Crippen molar-refractivity contribution in [3.05, 3.63) is 113 Å². The van der Waals surface area contributed by atoms with Gasteiger partial charge >= 0.3 is 0 Å². The summed E-state index contributed by atoms with van der Waals surface area (Å²) >= 11 is 0. The zero-order chi connectivity index (χ0) is 25.3. The first-order valence-corrected chi connectivity index (χ1v) is 13.0. The van der Waals surface area contributed by atoms with Crippen LogP contribution in [0.4, 0.5) is 10.1 Å². The first kappa shape index (κ1) is 23.9. The first-order chi connectivity index (χ1) is 17.4. The molecule has 1 aromatic heterocycles. The fraction of sp³-hybridized carbons (Fsp3) is 0.185. The molecule has 0 atom stereocenters. The number of carbonyl (C=O) groups excluding carboxylic acids is 1. The number of carbonyl (C=O) groups is 1. The van der Waals surface area contributed by atoms with E-state index in [2.05, 4.69) is 5.10 Å². The Morgan fingerprint density at radius 3 is 2.31 bits per heavy atom. The molecule has 0 saturated heterocycles. The Labute approximate surface area is 209 Å². The molecule has 1 aliphatic rings. The lowest BCUT2D eigenvalue weighted by Gasteiger charge is -2.28. The van der Waals surface area contributed by atoms with Crippen molar-refractivity contribution in [3.63, 3.8) is 0 Å². The topological polar surface area (TPSA) is 75.5 Å². The van der Waals surface area contributed by atoms with Gasteiger partial charge in [0.1, 0.15) is 5.82 Å². The highest BCUT2D eigenvalue weighted by molar-refractivity contribution is 7.89. The van der Waals surface area contributed by atoms with Crippen LogP contribution in [-0.4, -0.2) is 35.0 Å². The molecule has 0 radical (unpaired) electrons. The second-order valence-corrected chi connectivity index (χ2v) is 10.5. The summed E-state index contributed by atoms with van der Waals surface area (Å²) in [7, 11) is -1.88. The molecule has 0 N–H and O–H groups in total. The van der Waals surface area contributed by atoms with Crippen molar-refractivity contribution in [2.45, 2.75) is 24.4 Å². The Hall–Kier alpha value is -3.82. The maximum absolute atomic E-state index is 14.5. The van der Waals surface area contributed by atoms with Crippen molar-refractivity contribution >= 4 is 21.6 Å². The van der Waals surface area contributed by atoms with Gasteiger partial charge < -0.3 is 4.90 Å². The summed E-state index contributed by atoms with van der Waals surface area (Å²) in [5, 5.41) is 4.65. The molecule has 1 aliphatic heterocycles. The predicted octanol–water partition coefficient (Wildman–Crippen LogP) is 4.15. The Morgan fingerprint density at radius 2 is 1.61 bits per heavy atom. The maximum Gasteiger partial charge on any atom is 0.261 e. The number of anilines is 1. The zero-order valence-electron chi connectivity index (χ0n) is 19.7. The highest BCUT2D eigenvalue weighted by Gasteiger charge is 2.33. The zero-order valence-corrected chi connectivity index (χ0v) is 20.5. The van der Waals surface area contributed by atoms with Gasteiger partial charge in [-0.25, -0.2) is 12.8 Å². The molecule has 0 unspecified atom stereocenters. The Bertz CT molecular complexity index is 1500. The lowest BCUT2D eigenvalue weighted by molar-refractivity contribution is 0.0980. The molecule has 0 bridgehead atoms. The summed E-state index contributed by atoms with van der Waals surface area (Å²) in [6.45, 7) is 0.547. The molecule has 9 heteroatoms. The van der Waals surface area contributed by atoms with E-state index in [1.165, 1.54) is 27.4 Å². The number of rotatable bonds is 6. The third-order valence-electron chi connectivity index (χ3n) is 6.40. The molecule has 184 valence electrons. The smallest absolute Gasteiger partial charge is 0.261 e. The van der Waals surface area contributed by atoms with E-state index in [9.17, 15) is 17.6 Å². The van der Waals surface area contributed by atoms with Gasteiger partial charge in [0.25, 0.3) is 5.91 Å². The van der Waals surface area contributed by atoms with E-state index in [4.69, 9.17) is 0 Å². The lowest BCUT2D eigenvalue weighted by Crippen LogP contribution is -2.37. The van der Waals surface area contributed by atoms with E-state index in [1.807, 2.05) is 13.1 Å². The molecule has 0 aliphatic carbocycles. The minimum Gasteiger partial charge on any atom is -0.302 e. The van der Waals surface area contributed by atoms with E-state index < -0.39 is 21.7 Å². The SMILES string of the molecule is Cn1nc(CN(C(=O)c2ccccc2F)c2ccccc2)c2c1CCN(S(=O)(=O)c1ccccc1)C2. The van der Waals surface area contributed by atoms with Crippen molar-refractivity contribution < 1.29 is 17.6 Å². The second kappa shape index (κ2) is 9.67. The summed E-state index contributed by atoms with van der Waals surface area (Å²) in [4.78, 5) is 15.2. The van der Waals surface area contributed by atoms with Gasteiger partial charge in [-0.15, -0.1) is 0 Å². The van der Waals surface area contributed by atoms with Crippen LogP contribution >= 0.6 is 0 Å². The molecule has 0 spiro atoms. The third-order valence-corrected chi connectivity index (χ3v) is 8.26. The lowest BCUT2D eigenvalue weighted by atomic mass is 10.1. The highest BCUT2D eigenvalue weighted by Crippen LogP contribution is 2.29. The average molecular weight is 505 g/mol. The molecule has 0 saturated carbocycles. The second-order valence-electron chi connectivity index (χ2n) is 8.60. The van der Waals surface area contributed by atoms with Gasteiger partial charge in [-0.1, -0.05) is 48.5 Å². The summed E-state index contributed by atoms with van der Waals surface area (Å²) < 4.78 is 44.3. The van der Waals surface area contributed by atoms with Crippen LogP contribution in [0, 0.1) is 5.82 Å². The monoisotopic (exact) mass is 504 g/mol. The van der Waals surface area contributed by atoms with Crippen LogP contribution in [-0.2, 0) is 36.6 Å². The van der Waals surface area contributed by atoms with Crippen LogP contribution in [0.15, 0.2) is 89.8 Å². The minimum absolute atomic E-state index is 0.0422. The average Bonchev–Trinajstić information content (AvgIpc) is 3.22. The maximum atomic E-state index is 14.5. The van der Waals surface area contributed by atoms with E-state index in [-0.39, 0.29) is 23.5 Å². The van der Waals surface area contributed by atoms with E-state index in [1.54, 1.807) is 65.3 Å². The number of aromatic nitrogens is 2. The largest absolute Gasteiger partial charge is 0.302 e. The number of para-hydroxylation sites is 1. The number of halogens is 1. The first-order valence-electron chi connectivity index (χ1n) is 11.6. The van der Waals surface area contributed by atoms with Gasteiger partial charge in [-0.2, -0.15) is 9.40 Å². The molecule has 4 aromatic rings. The van der Waals surface area contributed by atoms with Crippen LogP contribution < -0.4 is 4.90 Å². The Balaban J connectivity index is 1.51. The van der Waals surface area contributed by atoms with E-state index in [0.717, 1.165) is 11.3 Å². The van der Waals surface area contributed by atoms with E-state index in [0.29, 0.717) is 24.3 Å². The summed E-state index contributed by atoms with van der Waals surface area (Å²) in [6, 6.07) is 23.2. The number of benzene rings is 3. The number of hydrogen-bond acceptors (Lipinski definition) is 4. The van der Waals surface area contributed by atoms with Crippen LogP contribution in [0.5, 0.6) is 0 Å². The molecular formula is C27H25FN4O3S. The molecule has 3 aromatic carbocycles. The number of sulfonamides is 1. The van der Waals surface area contributed by atoms with Crippen molar-refractivity contribution in [3.8, 4) is 0 Å². The van der Waals surface area contributed by atoms with Crippen LogP contribution in [0.1, 0.15) is 27.3 Å². The normalized spacial score (nSPS) is 13.8. The van der Waals surface area contributed by atoms with Gasteiger partial charge in [0, 0.05) is 43.5 Å². The molecule has 5 rings (SSSR count). The van der Waals surface area contributed by atoms with Gasteiger partial charge in [0.05, 0.1) is 22.7 Å². The summed E-state index contributed by atoms with van der Waals surface area (Å²) in [5.41, 5.74) is 2.82. The molecular weight excluding hydrogens is 479 g/mol.